The van der Waals surface area contributed by atoms with Gasteiger partial charge in [0.2, 0.25) is 0 Å². The largest absolute Gasteiger partial charge is 0.497 e. The molecule has 0 bridgehead atoms. The summed E-state index contributed by atoms with van der Waals surface area (Å²) in [5.74, 6) is 0.941. The molecule has 0 N–H and O–H groups in total. The monoisotopic (exact) mass is 312 g/mol. The Morgan fingerprint density at radius 3 is 2.36 bits per heavy atom. The number of esters is 1. The summed E-state index contributed by atoms with van der Waals surface area (Å²) in [5, 5.41) is 0.641. The first kappa shape index (κ1) is 14.4. The minimum atomic E-state index is -0.360. The fourth-order valence-electron chi connectivity index (χ4n) is 2.13. The van der Waals surface area contributed by atoms with Crippen LogP contribution in [0.4, 0.5) is 0 Å². The summed E-state index contributed by atoms with van der Waals surface area (Å²) in [6.07, 6.45) is 3.51. The Morgan fingerprint density at radius 2 is 1.73 bits per heavy atom. The highest BCUT2D eigenvalue weighted by Crippen LogP contribution is 2.28. The number of benzene rings is 2. The number of ether oxygens (including phenoxy) is 2. The van der Waals surface area contributed by atoms with Gasteiger partial charge in [0.05, 0.1) is 12.7 Å². The average molecular weight is 313 g/mol. The molecule has 0 saturated heterocycles. The lowest BCUT2D eigenvalue weighted by atomic mass is 10.1. The molecule has 0 unspecified atom stereocenters. The van der Waals surface area contributed by atoms with Crippen molar-refractivity contribution in [1.29, 1.82) is 0 Å². The number of carbonyl (C=O) groups excluding carboxylic acids is 1. The van der Waals surface area contributed by atoms with E-state index in [4.69, 9.17) is 21.1 Å². The van der Waals surface area contributed by atoms with Crippen LogP contribution < -0.4 is 4.74 Å². The van der Waals surface area contributed by atoms with E-state index in [0.717, 1.165) is 16.9 Å². The molecular formula is C18H13ClO3. The van der Waals surface area contributed by atoms with E-state index in [2.05, 4.69) is 0 Å². The van der Waals surface area contributed by atoms with Crippen LogP contribution >= 0.6 is 11.6 Å². The molecule has 3 rings (SSSR count). The van der Waals surface area contributed by atoms with E-state index in [1.54, 1.807) is 31.4 Å². The van der Waals surface area contributed by atoms with Crippen molar-refractivity contribution >= 4 is 29.4 Å². The first-order chi connectivity index (χ1) is 10.7. The normalized spacial score (nSPS) is 15.6. The zero-order valence-corrected chi connectivity index (χ0v) is 12.6. The van der Waals surface area contributed by atoms with Crippen molar-refractivity contribution in [3.8, 4) is 5.75 Å². The van der Waals surface area contributed by atoms with Crippen molar-refractivity contribution in [3.63, 3.8) is 0 Å². The fourth-order valence-corrected chi connectivity index (χ4v) is 2.25. The predicted molar refractivity (Wildman–Crippen MR) is 86.5 cm³/mol. The van der Waals surface area contributed by atoms with Gasteiger partial charge in [0.15, 0.2) is 0 Å². The molecule has 1 heterocycles. The summed E-state index contributed by atoms with van der Waals surface area (Å²) in [6.45, 7) is 0. The number of methoxy groups -OCH3 is 1. The van der Waals surface area contributed by atoms with Crippen LogP contribution in [0.2, 0.25) is 5.02 Å². The first-order valence-electron chi connectivity index (χ1n) is 6.71. The smallest absolute Gasteiger partial charge is 0.343 e. The Hall–Kier alpha value is -2.52. The third-order valence-electron chi connectivity index (χ3n) is 3.29. The minimum Gasteiger partial charge on any atom is -0.497 e. The maximum atomic E-state index is 12.0. The van der Waals surface area contributed by atoms with Crippen LogP contribution in [0.25, 0.3) is 11.8 Å². The van der Waals surface area contributed by atoms with Gasteiger partial charge in [-0.1, -0.05) is 23.7 Å². The predicted octanol–water partition coefficient (Wildman–Crippen LogP) is 4.33. The summed E-state index contributed by atoms with van der Waals surface area (Å²) >= 11 is 5.86. The summed E-state index contributed by atoms with van der Waals surface area (Å²) in [6, 6.07) is 14.6. The van der Waals surface area contributed by atoms with Gasteiger partial charge in [0.25, 0.3) is 0 Å². The molecule has 3 nitrogen and oxygen atoms in total. The number of halogens is 1. The highest BCUT2D eigenvalue weighted by molar-refractivity contribution is 6.30. The van der Waals surface area contributed by atoms with Gasteiger partial charge < -0.3 is 9.47 Å². The molecule has 0 aliphatic carbocycles. The number of carbonyl (C=O) groups is 1. The number of hydrogen-bond donors (Lipinski definition) is 0. The second kappa shape index (κ2) is 6.08. The van der Waals surface area contributed by atoms with Crippen LogP contribution in [0.15, 0.2) is 60.2 Å². The lowest BCUT2D eigenvalue weighted by Gasteiger charge is -2.01. The van der Waals surface area contributed by atoms with E-state index >= 15 is 0 Å². The molecule has 0 saturated carbocycles. The second-order valence-electron chi connectivity index (χ2n) is 4.78. The lowest BCUT2D eigenvalue weighted by molar-refractivity contribution is -0.130. The summed E-state index contributed by atoms with van der Waals surface area (Å²) < 4.78 is 10.4. The Bertz CT molecular complexity index is 756. The standard InChI is InChI=1S/C18H13ClO3/c1-21-16-8-2-12(3-9-16)10-14-11-17(22-18(14)20)13-4-6-15(19)7-5-13/h2-11H,1H3. The molecule has 0 amide bonds. The van der Waals surface area contributed by atoms with Crippen molar-refractivity contribution in [2.75, 3.05) is 7.11 Å². The van der Waals surface area contributed by atoms with Gasteiger partial charge in [-0.15, -0.1) is 0 Å². The first-order valence-corrected chi connectivity index (χ1v) is 7.09. The van der Waals surface area contributed by atoms with Crippen molar-refractivity contribution in [2.45, 2.75) is 0 Å². The van der Waals surface area contributed by atoms with E-state index in [0.29, 0.717) is 16.4 Å². The molecule has 0 fully saturated rings. The molecule has 0 radical (unpaired) electrons. The fraction of sp³-hybridized carbons (Fsp3) is 0.0556. The molecule has 0 atom stereocenters. The van der Waals surface area contributed by atoms with Crippen molar-refractivity contribution in [2.24, 2.45) is 0 Å². The third-order valence-corrected chi connectivity index (χ3v) is 3.54. The van der Waals surface area contributed by atoms with Crippen LogP contribution in [0.3, 0.4) is 0 Å². The lowest BCUT2D eigenvalue weighted by Crippen LogP contribution is -1.97. The SMILES string of the molecule is COc1ccc(C=C2C=C(c3ccc(Cl)cc3)OC2=O)cc1. The number of cyclic esters (lactones) is 1. The summed E-state index contributed by atoms with van der Waals surface area (Å²) in [5.41, 5.74) is 2.23. The Morgan fingerprint density at radius 1 is 1.05 bits per heavy atom. The van der Waals surface area contributed by atoms with Gasteiger partial charge in [0, 0.05) is 10.6 Å². The highest BCUT2D eigenvalue weighted by atomic mass is 35.5. The summed E-state index contributed by atoms with van der Waals surface area (Å²) in [7, 11) is 1.61. The Balaban J connectivity index is 1.88. The molecule has 1 aliphatic heterocycles. The molecule has 2 aromatic carbocycles. The van der Waals surface area contributed by atoms with Crippen molar-refractivity contribution < 1.29 is 14.3 Å². The van der Waals surface area contributed by atoms with Crippen LogP contribution in [-0.2, 0) is 9.53 Å². The molecular weight excluding hydrogens is 300 g/mol. The average Bonchev–Trinajstić information content (AvgIpc) is 2.90. The van der Waals surface area contributed by atoms with Crippen LogP contribution in [0, 0.1) is 0 Å². The quantitative estimate of drug-likeness (QED) is 0.625. The molecule has 4 heteroatoms. The van der Waals surface area contributed by atoms with Crippen molar-refractivity contribution in [1.82, 2.24) is 0 Å². The molecule has 2 aromatic rings. The van der Waals surface area contributed by atoms with Crippen LogP contribution in [-0.4, -0.2) is 13.1 Å². The van der Waals surface area contributed by atoms with E-state index in [1.807, 2.05) is 36.4 Å². The zero-order chi connectivity index (χ0) is 15.5. The molecule has 1 aliphatic rings. The van der Waals surface area contributed by atoms with E-state index in [-0.39, 0.29) is 5.97 Å². The van der Waals surface area contributed by atoms with Gasteiger partial charge in [-0.2, -0.15) is 0 Å². The number of hydrogen-bond acceptors (Lipinski definition) is 3. The Labute approximate surface area is 133 Å². The third kappa shape index (κ3) is 3.05. The maximum Gasteiger partial charge on any atom is 0.343 e. The van der Waals surface area contributed by atoms with Gasteiger partial charge in [-0.3, -0.25) is 0 Å². The van der Waals surface area contributed by atoms with Crippen molar-refractivity contribution in [3.05, 3.63) is 76.3 Å². The van der Waals surface area contributed by atoms with Gasteiger partial charge in [0.1, 0.15) is 11.5 Å². The second-order valence-corrected chi connectivity index (χ2v) is 5.21. The van der Waals surface area contributed by atoms with E-state index < -0.39 is 0 Å². The van der Waals surface area contributed by atoms with Gasteiger partial charge in [-0.25, -0.2) is 4.79 Å². The van der Waals surface area contributed by atoms with Gasteiger partial charge >= 0.3 is 5.97 Å². The molecule has 110 valence electrons. The van der Waals surface area contributed by atoms with E-state index in [1.165, 1.54) is 0 Å². The van der Waals surface area contributed by atoms with Gasteiger partial charge in [-0.05, 0) is 54.1 Å². The summed E-state index contributed by atoms with van der Waals surface area (Å²) in [4.78, 5) is 12.0. The molecule has 0 aromatic heterocycles. The Kier molecular flexibility index (Phi) is 3.98. The highest BCUT2D eigenvalue weighted by Gasteiger charge is 2.21. The number of rotatable bonds is 3. The molecule has 0 spiro atoms. The van der Waals surface area contributed by atoms with Crippen LogP contribution in [0.5, 0.6) is 5.75 Å². The maximum absolute atomic E-state index is 12.0. The topological polar surface area (TPSA) is 35.5 Å². The zero-order valence-electron chi connectivity index (χ0n) is 11.9. The minimum absolute atomic E-state index is 0.360. The van der Waals surface area contributed by atoms with E-state index in [9.17, 15) is 4.79 Å². The molecule has 22 heavy (non-hydrogen) atoms. The van der Waals surface area contributed by atoms with Crippen LogP contribution in [0.1, 0.15) is 11.1 Å².